The number of morpholine rings is 1. The van der Waals surface area contributed by atoms with E-state index in [2.05, 4.69) is 22.2 Å². The number of aromatic nitrogens is 2. The third kappa shape index (κ3) is 3.82. The Morgan fingerprint density at radius 2 is 2.35 bits per heavy atom. The second-order valence-electron chi connectivity index (χ2n) is 5.87. The molecule has 0 radical (unpaired) electrons. The topological polar surface area (TPSA) is 70.2 Å². The summed E-state index contributed by atoms with van der Waals surface area (Å²) in [7, 11) is 0. The van der Waals surface area contributed by atoms with Crippen molar-refractivity contribution in [2.24, 2.45) is 0 Å². The van der Waals surface area contributed by atoms with Crippen molar-refractivity contribution in [1.29, 1.82) is 0 Å². The molecule has 1 aliphatic rings. The molecule has 2 aromatic rings. The summed E-state index contributed by atoms with van der Waals surface area (Å²) >= 11 is 0. The van der Waals surface area contributed by atoms with Gasteiger partial charge in [0.05, 0.1) is 30.3 Å². The summed E-state index contributed by atoms with van der Waals surface area (Å²) in [4.78, 5) is 22.0. The molecule has 23 heavy (non-hydrogen) atoms. The van der Waals surface area contributed by atoms with Gasteiger partial charge in [-0.15, -0.1) is 0 Å². The lowest BCUT2D eigenvalue weighted by Crippen LogP contribution is -2.52. The third-order valence-electron chi connectivity index (χ3n) is 4.26. The van der Waals surface area contributed by atoms with E-state index in [-0.39, 0.29) is 12.1 Å². The van der Waals surface area contributed by atoms with E-state index in [0.29, 0.717) is 26.3 Å². The summed E-state index contributed by atoms with van der Waals surface area (Å²) in [5.74, 6) is 0.971. The fraction of sp³-hybridized carbons (Fsp3) is 0.529. The fourth-order valence-electron chi connectivity index (χ4n) is 2.94. The maximum absolute atomic E-state index is 12.3. The molecule has 2 amide bonds. The highest BCUT2D eigenvalue weighted by atomic mass is 16.5. The molecule has 1 fully saturated rings. The number of amides is 2. The molecule has 6 heteroatoms. The van der Waals surface area contributed by atoms with Crippen LogP contribution in [0.25, 0.3) is 11.0 Å². The van der Waals surface area contributed by atoms with E-state index in [4.69, 9.17) is 4.74 Å². The molecule has 2 N–H and O–H groups in total. The number of aromatic amines is 1. The van der Waals surface area contributed by atoms with Crippen molar-refractivity contribution in [2.75, 3.05) is 26.3 Å². The number of aryl methyl sites for hydroxylation is 1. The monoisotopic (exact) mass is 316 g/mol. The highest BCUT2D eigenvalue weighted by Crippen LogP contribution is 2.12. The number of urea groups is 1. The molecular weight excluding hydrogens is 292 g/mol. The number of H-pyrrole nitrogens is 1. The molecule has 6 nitrogen and oxygen atoms in total. The zero-order valence-electron chi connectivity index (χ0n) is 13.5. The van der Waals surface area contributed by atoms with Crippen molar-refractivity contribution >= 4 is 17.1 Å². The molecule has 0 bridgehead atoms. The van der Waals surface area contributed by atoms with E-state index < -0.39 is 0 Å². The van der Waals surface area contributed by atoms with Crippen molar-refractivity contribution in [1.82, 2.24) is 20.2 Å². The summed E-state index contributed by atoms with van der Waals surface area (Å²) in [6.45, 7) is 4.69. The molecule has 1 aromatic carbocycles. The summed E-state index contributed by atoms with van der Waals surface area (Å²) in [6, 6.07) is 8.22. The van der Waals surface area contributed by atoms with Gasteiger partial charge >= 0.3 is 6.03 Å². The van der Waals surface area contributed by atoms with Crippen LogP contribution >= 0.6 is 0 Å². The molecule has 0 aliphatic carbocycles. The second-order valence-corrected chi connectivity index (χ2v) is 5.87. The number of imidazole rings is 1. The number of benzene rings is 1. The van der Waals surface area contributed by atoms with E-state index in [9.17, 15) is 4.79 Å². The molecule has 0 spiro atoms. The van der Waals surface area contributed by atoms with E-state index in [1.165, 1.54) is 0 Å². The predicted molar refractivity (Wildman–Crippen MR) is 89.4 cm³/mol. The maximum atomic E-state index is 12.3. The molecule has 1 saturated heterocycles. The third-order valence-corrected chi connectivity index (χ3v) is 4.26. The van der Waals surface area contributed by atoms with Crippen LogP contribution in [0.5, 0.6) is 0 Å². The van der Waals surface area contributed by atoms with Crippen LogP contribution in [-0.4, -0.2) is 53.2 Å². The number of carbonyl (C=O) groups excluding carboxylic acids is 1. The minimum Gasteiger partial charge on any atom is -0.377 e. The maximum Gasteiger partial charge on any atom is 0.317 e. The van der Waals surface area contributed by atoms with Gasteiger partial charge in [-0.2, -0.15) is 0 Å². The minimum absolute atomic E-state index is 0.0183. The average Bonchev–Trinajstić information content (AvgIpc) is 3.01. The highest BCUT2D eigenvalue weighted by Gasteiger charge is 2.25. The van der Waals surface area contributed by atoms with Crippen LogP contribution in [-0.2, 0) is 11.2 Å². The first kappa shape index (κ1) is 15.8. The standard InChI is InChI=1S/C17H24N4O2/c1-2-13-12-23-11-10-21(13)17(22)18-9-5-8-16-19-14-6-3-4-7-15(14)20-16/h3-4,6-7,13H,2,5,8-12H2,1H3,(H,18,22)(H,19,20). The van der Waals surface area contributed by atoms with Gasteiger partial charge in [-0.3, -0.25) is 0 Å². The van der Waals surface area contributed by atoms with E-state index >= 15 is 0 Å². The first-order valence-electron chi connectivity index (χ1n) is 8.33. The molecule has 1 aromatic heterocycles. The number of hydrogen-bond donors (Lipinski definition) is 2. The Hall–Kier alpha value is -2.08. The fourth-order valence-corrected chi connectivity index (χ4v) is 2.94. The summed E-state index contributed by atoms with van der Waals surface area (Å²) in [5.41, 5.74) is 2.05. The molecular formula is C17H24N4O2. The Balaban J connectivity index is 1.44. The van der Waals surface area contributed by atoms with Gasteiger partial charge in [-0.25, -0.2) is 9.78 Å². The lowest BCUT2D eigenvalue weighted by Gasteiger charge is -2.35. The van der Waals surface area contributed by atoms with Gasteiger partial charge in [0, 0.05) is 19.5 Å². The number of ether oxygens (including phenoxy) is 1. The Kier molecular flexibility index (Phi) is 5.12. The molecule has 124 valence electrons. The number of carbonyl (C=O) groups is 1. The average molecular weight is 316 g/mol. The molecule has 1 atom stereocenters. The zero-order valence-corrected chi connectivity index (χ0v) is 13.5. The first-order chi connectivity index (χ1) is 11.3. The van der Waals surface area contributed by atoms with Crippen molar-refractivity contribution in [3.63, 3.8) is 0 Å². The number of nitrogens with one attached hydrogen (secondary N) is 2. The van der Waals surface area contributed by atoms with Crippen LogP contribution < -0.4 is 5.32 Å². The minimum atomic E-state index is 0.0183. The second kappa shape index (κ2) is 7.46. The Morgan fingerprint density at radius 1 is 1.48 bits per heavy atom. The lowest BCUT2D eigenvalue weighted by atomic mass is 10.2. The molecule has 0 saturated carbocycles. The first-order valence-corrected chi connectivity index (χ1v) is 8.33. The van der Waals surface area contributed by atoms with Crippen molar-refractivity contribution in [3.8, 4) is 0 Å². The number of fused-ring (bicyclic) bond motifs is 1. The SMILES string of the molecule is CCC1COCCN1C(=O)NCCCc1nc2ccccc2[nH]1. The van der Waals surface area contributed by atoms with Crippen molar-refractivity contribution in [2.45, 2.75) is 32.2 Å². The largest absolute Gasteiger partial charge is 0.377 e. The molecule has 3 rings (SSSR count). The summed E-state index contributed by atoms with van der Waals surface area (Å²) < 4.78 is 5.43. The Morgan fingerprint density at radius 3 is 3.17 bits per heavy atom. The van der Waals surface area contributed by atoms with E-state index in [1.54, 1.807) is 0 Å². The van der Waals surface area contributed by atoms with Crippen LogP contribution in [0, 0.1) is 0 Å². The Labute approximate surface area is 136 Å². The smallest absolute Gasteiger partial charge is 0.317 e. The van der Waals surface area contributed by atoms with Gasteiger partial charge in [0.1, 0.15) is 5.82 Å². The van der Waals surface area contributed by atoms with Gasteiger partial charge < -0.3 is 19.9 Å². The van der Waals surface area contributed by atoms with E-state index in [0.717, 1.165) is 36.1 Å². The van der Waals surface area contributed by atoms with Crippen molar-refractivity contribution < 1.29 is 9.53 Å². The van der Waals surface area contributed by atoms with Crippen LogP contribution in [0.1, 0.15) is 25.6 Å². The van der Waals surface area contributed by atoms with Crippen LogP contribution in [0.4, 0.5) is 4.79 Å². The number of para-hydroxylation sites is 2. The predicted octanol–water partition coefficient (Wildman–Crippen LogP) is 2.32. The highest BCUT2D eigenvalue weighted by molar-refractivity contribution is 5.75. The van der Waals surface area contributed by atoms with Gasteiger partial charge in [0.15, 0.2) is 0 Å². The quantitative estimate of drug-likeness (QED) is 0.832. The molecule has 2 heterocycles. The van der Waals surface area contributed by atoms with Crippen LogP contribution in [0.15, 0.2) is 24.3 Å². The normalized spacial score (nSPS) is 18.3. The zero-order chi connectivity index (χ0) is 16.1. The van der Waals surface area contributed by atoms with Crippen LogP contribution in [0.3, 0.4) is 0 Å². The van der Waals surface area contributed by atoms with Gasteiger partial charge in [0.25, 0.3) is 0 Å². The summed E-state index contributed by atoms with van der Waals surface area (Å²) in [5, 5.41) is 3.01. The summed E-state index contributed by atoms with van der Waals surface area (Å²) in [6.07, 6.45) is 2.62. The van der Waals surface area contributed by atoms with Gasteiger partial charge in [-0.05, 0) is 25.0 Å². The van der Waals surface area contributed by atoms with Crippen molar-refractivity contribution in [3.05, 3.63) is 30.1 Å². The Bertz CT molecular complexity index is 622. The number of hydrogen-bond acceptors (Lipinski definition) is 3. The van der Waals surface area contributed by atoms with E-state index in [1.807, 2.05) is 29.2 Å². The molecule has 1 aliphatic heterocycles. The van der Waals surface area contributed by atoms with Crippen LogP contribution in [0.2, 0.25) is 0 Å². The lowest BCUT2D eigenvalue weighted by molar-refractivity contribution is 0.0113. The van der Waals surface area contributed by atoms with Gasteiger partial charge in [-0.1, -0.05) is 19.1 Å². The molecule has 1 unspecified atom stereocenters. The van der Waals surface area contributed by atoms with Gasteiger partial charge in [0.2, 0.25) is 0 Å². The number of rotatable bonds is 5. The number of nitrogens with zero attached hydrogens (tertiary/aromatic N) is 2.